The number of rotatable bonds is 6. The Hall–Kier alpha value is -2.41. The summed E-state index contributed by atoms with van der Waals surface area (Å²) in [6, 6.07) is 12.8. The molecule has 2 aromatic carbocycles. The van der Waals surface area contributed by atoms with Crippen LogP contribution in [-0.2, 0) is 0 Å². The minimum Gasteiger partial charge on any atom is -0.494 e. The van der Waals surface area contributed by atoms with Crippen LogP contribution in [0.1, 0.15) is 25.3 Å². The molecular weight excluding hydrogens is 429 g/mol. The van der Waals surface area contributed by atoms with E-state index in [-0.39, 0.29) is 5.56 Å². The Kier molecular flexibility index (Phi) is 5.85. The Labute approximate surface area is 181 Å². The Balaban J connectivity index is 1.65. The number of aromatic nitrogens is 3. The maximum atomic E-state index is 12.7. The van der Waals surface area contributed by atoms with Crippen LogP contribution in [0.25, 0.3) is 22.4 Å². The predicted octanol–water partition coefficient (Wildman–Crippen LogP) is 4.85. The topological polar surface area (TPSA) is 56.5 Å². The first-order chi connectivity index (χ1) is 14.1. The van der Waals surface area contributed by atoms with E-state index >= 15 is 0 Å². The van der Waals surface area contributed by atoms with E-state index in [1.807, 2.05) is 24.3 Å². The average molecular weight is 446 g/mol. The van der Waals surface area contributed by atoms with E-state index in [1.54, 1.807) is 24.3 Å². The van der Waals surface area contributed by atoms with Gasteiger partial charge in [-0.1, -0.05) is 53.9 Å². The molecule has 2 aromatic heterocycles. The first kappa shape index (κ1) is 19.9. The van der Waals surface area contributed by atoms with Gasteiger partial charge in [-0.25, -0.2) is 0 Å². The number of benzene rings is 2. The van der Waals surface area contributed by atoms with Gasteiger partial charge < -0.3 is 4.74 Å². The third-order valence-corrected chi connectivity index (χ3v) is 5.95. The minimum absolute atomic E-state index is 0.251. The number of unbranched alkanes of at least 4 members (excludes halogenated alkanes) is 1. The third kappa shape index (κ3) is 4.15. The van der Waals surface area contributed by atoms with Crippen LogP contribution in [0.5, 0.6) is 5.75 Å². The van der Waals surface area contributed by atoms with Gasteiger partial charge in [0.25, 0.3) is 5.56 Å². The molecule has 0 atom stereocenters. The average Bonchev–Trinajstić information content (AvgIpc) is 3.25. The van der Waals surface area contributed by atoms with E-state index in [4.69, 9.17) is 27.9 Å². The van der Waals surface area contributed by atoms with Crippen molar-refractivity contribution >= 4 is 45.6 Å². The predicted molar refractivity (Wildman–Crippen MR) is 118 cm³/mol. The number of ether oxygens (including phenoxy) is 1. The highest BCUT2D eigenvalue weighted by Crippen LogP contribution is 2.25. The highest BCUT2D eigenvalue weighted by atomic mass is 35.5. The Bertz CT molecular complexity index is 1250. The van der Waals surface area contributed by atoms with Gasteiger partial charge in [-0.3, -0.25) is 4.79 Å². The highest BCUT2D eigenvalue weighted by Gasteiger charge is 2.13. The second-order valence-electron chi connectivity index (χ2n) is 6.41. The lowest BCUT2D eigenvalue weighted by Crippen LogP contribution is -2.23. The van der Waals surface area contributed by atoms with Crippen molar-refractivity contribution in [2.24, 2.45) is 0 Å². The van der Waals surface area contributed by atoms with Gasteiger partial charge in [-0.15, -0.1) is 5.10 Å². The molecule has 29 heavy (non-hydrogen) atoms. The van der Waals surface area contributed by atoms with Gasteiger partial charge in [-0.2, -0.15) is 9.50 Å². The lowest BCUT2D eigenvalue weighted by molar-refractivity contribution is 0.309. The zero-order valence-corrected chi connectivity index (χ0v) is 17.9. The number of halogens is 2. The Morgan fingerprint density at radius 1 is 1.14 bits per heavy atom. The van der Waals surface area contributed by atoms with Crippen LogP contribution >= 0.6 is 34.5 Å². The molecule has 4 aromatic rings. The molecule has 0 bridgehead atoms. The largest absolute Gasteiger partial charge is 0.494 e. The molecule has 0 saturated heterocycles. The second kappa shape index (κ2) is 8.53. The van der Waals surface area contributed by atoms with Gasteiger partial charge in [0, 0.05) is 21.2 Å². The smallest absolute Gasteiger partial charge is 0.291 e. The van der Waals surface area contributed by atoms with Crippen LogP contribution in [0.2, 0.25) is 10.0 Å². The number of thiazole rings is 1. The van der Waals surface area contributed by atoms with Crippen LogP contribution in [0.15, 0.2) is 47.3 Å². The fraction of sp³-hybridized carbons (Fsp3) is 0.190. The van der Waals surface area contributed by atoms with Crippen LogP contribution < -0.4 is 14.8 Å². The quantitative estimate of drug-likeness (QED) is 0.398. The molecule has 0 unspecified atom stereocenters. The molecule has 8 heteroatoms. The molecule has 0 aliphatic heterocycles. The van der Waals surface area contributed by atoms with E-state index in [1.165, 1.54) is 15.9 Å². The number of nitrogens with zero attached hydrogens (tertiary/aromatic N) is 3. The summed E-state index contributed by atoms with van der Waals surface area (Å²) in [4.78, 5) is 17.8. The van der Waals surface area contributed by atoms with Gasteiger partial charge in [0.1, 0.15) is 5.75 Å². The molecule has 2 heterocycles. The summed E-state index contributed by atoms with van der Waals surface area (Å²) >= 11 is 13.6. The molecular formula is C21H17Cl2N3O2S. The summed E-state index contributed by atoms with van der Waals surface area (Å²) in [7, 11) is 0. The second-order valence-corrected chi connectivity index (χ2v) is 8.23. The van der Waals surface area contributed by atoms with Gasteiger partial charge >= 0.3 is 0 Å². The molecule has 0 spiro atoms. The van der Waals surface area contributed by atoms with Crippen LogP contribution in [0, 0.1) is 0 Å². The van der Waals surface area contributed by atoms with E-state index in [0.29, 0.717) is 37.5 Å². The normalized spacial score (nSPS) is 12.0. The molecule has 4 rings (SSSR count). The highest BCUT2D eigenvalue weighted by molar-refractivity contribution is 7.15. The molecule has 0 N–H and O–H groups in total. The Morgan fingerprint density at radius 2 is 1.86 bits per heavy atom. The van der Waals surface area contributed by atoms with Crippen molar-refractivity contribution < 1.29 is 4.74 Å². The molecule has 148 valence electrons. The molecule has 0 saturated carbocycles. The van der Waals surface area contributed by atoms with Gasteiger partial charge in [0.15, 0.2) is 5.82 Å². The zero-order chi connectivity index (χ0) is 20.4. The van der Waals surface area contributed by atoms with Crippen molar-refractivity contribution in [1.29, 1.82) is 0 Å². The zero-order valence-electron chi connectivity index (χ0n) is 15.6. The minimum atomic E-state index is -0.251. The standard InChI is InChI=1S/C21H17Cl2N3O2S/c1-2-3-11-28-14-9-7-13(8-10-14)19-24-21-26(25-19)20(27)18(29-21)12-15-16(22)5-4-6-17(15)23/h4-10,12H,2-3,11H2,1H3/b18-12-. The van der Waals surface area contributed by atoms with E-state index in [2.05, 4.69) is 17.0 Å². The summed E-state index contributed by atoms with van der Waals surface area (Å²) in [5.41, 5.74) is 1.18. The van der Waals surface area contributed by atoms with Crippen LogP contribution in [0.3, 0.4) is 0 Å². The van der Waals surface area contributed by atoms with Gasteiger partial charge in [0.05, 0.1) is 11.1 Å². The van der Waals surface area contributed by atoms with Crippen molar-refractivity contribution in [3.05, 3.63) is 73.0 Å². The summed E-state index contributed by atoms with van der Waals surface area (Å²) in [6.07, 6.45) is 3.79. The molecule has 0 aliphatic carbocycles. The van der Waals surface area contributed by atoms with E-state index in [9.17, 15) is 4.79 Å². The fourth-order valence-corrected chi connectivity index (χ4v) is 4.17. The summed E-state index contributed by atoms with van der Waals surface area (Å²) in [6.45, 7) is 2.82. The third-order valence-electron chi connectivity index (χ3n) is 4.34. The van der Waals surface area contributed by atoms with E-state index in [0.717, 1.165) is 24.2 Å². The Morgan fingerprint density at radius 3 is 2.52 bits per heavy atom. The van der Waals surface area contributed by atoms with Crippen LogP contribution in [-0.4, -0.2) is 21.2 Å². The van der Waals surface area contributed by atoms with Gasteiger partial charge in [-0.05, 0) is 48.9 Å². The molecule has 0 radical (unpaired) electrons. The number of hydrogen-bond acceptors (Lipinski definition) is 5. The summed E-state index contributed by atoms with van der Waals surface area (Å²) in [5.74, 6) is 1.30. The van der Waals surface area contributed by atoms with Crippen molar-refractivity contribution in [3.8, 4) is 17.1 Å². The number of hydrogen-bond donors (Lipinski definition) is 0. The fourth-order valence-electron chi connectivity index (χ4n) is 2.77. The van der Waals surface area contributed by atoms with Crippen molar-refractivity contribution in [2.75, 3.05) is 6.61 Å². The molecule has 5 nitrogen and oxygen atoms in total. The van der Waals surface area contributed by atoms with Crippen LogP contribution in [0.4, 0.5) is 0 Å². The maximum Gasteiger partial charge on any atom is 0.291 e. The maximum absolute atomic E-state index is 12.7. The first-order valence-corrected chi connectivity index (χ1v) is 10.7. The van der Waals surface area contributed by atoms with Gasteiger partial charge in [0.2, 0.25) is 4.96 Å². The van der Waals surface area contributed by atoms with E-state index < -0.39 is 0 Å². The SMILES string of the molecule is CCCCOc1ccc(-c2nc3s/c(=C\c4c(Cl)cccc4Cl)c(=O)n3n2)cc1. The molecule has 0 aliphatic rings. The first-order valence-electron chi connectivity index (χ1n) is 9.15. The lowest BCUT2D eigenvalue weighted by atomic mass is 10.2. The lowest BCUT2D eigenvalue weighted by Gasteiger charge is -2.05. The summed E-state index contributed by atoms with van der Waals surface area (Å²) in [5, 5.41) is 5.34. The van der Waals surface area contributed by atoms with Crippen molar-refractivity contribution in [1.82, 2.24) is 14.6 Å². The van der Waals surface area contributed by atoms with Crippen molar-refractivity contribution in [3.63, 3.8) is 0 Å². The van der Waals surface area contributed by atoms with Crippen molar-refractivity contribution in [2.45, 2.75) is 19.8 Å². The molecule has 0 fully saturated rings. The molecule has 0 amide bonds. The monoisotopic (exact) mass is 445 g/mol. The summed E-state index contributed by atoms with van der Waals surface area (Å²) < 4.78 is 7.45. The number of fused-ring (bicyclic) bond motifs is 1.